The largest absolute Gasteiger partial charge is 0.455 e. The number of furan rings is 2. The van der Waals surface area contributed by atoms with Crippen LogP contribution in [0.25, 0.3) is 189 Å². The molecule has 0 spiro atoms. The van der Waals surface area contributed by atoms with Crippen molar-refractivity contribution >= 4 is 87.5 Å². The Bertz CT molecular complexity index is 6210. The van der Waals surface area contributed by atoms with Crippen molar-refractivity contribution in [1.82, 2.24) is 39.0 Å². The van der Waals surface area contributed by atoms with Gasteiger partial charge in [0.1, 0.15) is 22.3 Å². The van der Waals surface area contributed by atoms with E-state index in [-0.39, 0.29) is 0 Å². The summed E-state index contributed by atoms with van der Waals surface area (Å²) in [5.41, 5.74) is 19.5. The third-order valence-electron chi connectivity index (χ3n) is 18.3. The molecule has 19 aromatic rings. The molecule has 438 valence electrons. The van der Waals surface area contributed by atoms with E-state index in [0.29, 0.717) is 35.2 Å². The maximum absolute atomic E-state index is 6.66. The average molecular weight is 1200 g/mol. The molecule has 0 aliphatic heterocycles. The van der Waals surface area contributed by atoms with Gasteiger partial charge in [0.05, 0.1) is 32.8 Å². The second-order valence-corrected chi connectivity index (χ2v) is 23.8. The summed E-state index contributed by atoms with van der Waals surface area (Å²) in [5, 5.41) is 8.45. The van der Waals surface area contributed by atoms with Crippen LogP contribution in [0, 0.1) is 0 Å². The van der Waals surface area contributed by atoms with E-state index in [2.05, 4.69) is 252 Å². The minimum atomic E-state index is 0.514. The van der Waals surface area contributed by atoms with Gasteiger partial charge in [0.25, 0.3) is 0 Å². The van der Waals surface area contributed by atoms with E-state index in [9.17, 15) is 0 Å². The number of hydrogen-bond acceptors (Lipinski definition) is 8. The summed E-state index contributed by atoms with van der Waals surface area (Å²) in [6, 6.07) is 105. The molecule has 94 heavy (non-hydrogen) atoms. The molecule has 0 N–H and O–H groups in total. The molecule has 0 fully saturated rings. The van der Waals surface area contributed by atoms with Crippen molar-refractivity contribution in [3.63, 3.8) is 0 Å². The minimum absolute atomic E-state index is 0.514. The lowest BCUT2D eigenvalue weighted by Gasteiger charge is -2.12. The van der Waals surface area contributed by atoms with Crippen molar-refractivity contribution in [2.75, 3.05) is 0 Å². The molecule has 10 heteroatoms. The fourth-order valence-corrected chi connectivity index (χ4v) is 13.8. The number of para-hydroxylation sites is 4. The van der Waals surface area contributed by atoms with E-state index in [1.165, 1.54) is 0 Å². The molecular weight excluding hydrogens is 1150 g/mol. The first-order chi connectivity index (χ1) is 46.6. The Balaban J connectivity index is 0.651. The molecule has 6 aromatic heterocycles. The smallest absolute Gasteiger partial charge is 0.238 e. The quantitative estimate of drug-likeness (QED) is 0.133. The zero-order valence-corrected chi connectivity index (χ0v) is 50.3. The number of rotatable bonds is 10. The van der Waals surface area contributed by atoms with Gasteiger partial charge in [-0.05, 0) is 105 Å². The van der Waals surface area contributed by atoms with Crippen molar-refractivity contribution in [2.24, 2.45) is 0 Å². The fraction of sp³-hybridized carbons (Fsp3) is 0. The zero-order valence-electron chi connectivity index (χ0n) is 50.3. The first kappa shape index (κ1) is 53.0. The lowest BCUT2D eigenvalue weighted by Crippen LogP contribution is -2.06. The highest BCUT2D eigenvalue weighted by Gasteiger charge is 2.24. The number of benzene rings is 13. The minimum Gasteiger partial charge on any atom is -0.455 e. The van der Waals surface area contributed by atoms with E-state index in [1.54, 1.807) is 0 Å². The van der Waals surface area contributed by atoms with Gasteiger partial charge in [-0.25, -0.2) is 9.97 Å². The van der Waals surface area contributed by atoms with Crippen LogP contribution in [0.15, 0.2) is 312 Å². The molecule has 0 radical (unpaired) electrons. The van der Waals surface area contributed by atoms with E-state index in [0.717, 1.165) is 154 Å². The van der Waals surface area contributed by atoms with E-state index in [4.69, 9.17) is 38.7 Å². The van der Waals surface area contributed by atoms with Gasteiger partial charge < -0.3 is 8.83 Å². The molecule has 6 heterocycles. The van der Waals surface area contributed by atoms with Crippen LogP contribution in [0.2, 0.25) is 0 Å². The van der Waals surface area contributed by atoms with Crippen LogP contribution >= 0.6 is 0 Å². The van der Waals surface area contributed by atoms with Gasteiger partial charge >= 0.3 is 0 Å². The van der Waals surface area contributed by atoms with Gasteiger partial charge in [0.2, 0.25) is 11.9 Å². The molecule has 0 atom stereocenters. The molecule has 13 aromatic carbocycles. The summed E-state index contributed by atoms with van der Waals surface area (Å²) in [4.78, 5) is 31.5. The third-order valence-corrected chi connectivity index (χ3v) is 18.3. The molecule has 0 saturated heterocycles. The second kappa shape index (κ2) is 21.4. The van der Waals surface area contributed by atoms with Crippen LogP contribution < -0.4 is 0 Å². The molecule has 0 amide bonds. The Morgan fingerprint density at radius 1 is 0.202 bits per heavy atom. The van der Waals surface area contributed by atoms with Crippen LogP contribution in [-0.2, 0) is 0 Å². The Morgan fingerprint density at radius 2 is 0.500 bits per heavy atom. The summed E-state index contributed by atoms with van der Waals surface area (Å²) < 4.78 is 17.6. The monoisotopic (exact) mass is 1200 g/mol. The van der Waals surface area contributed by atoms with Crippen LogP contribution in [0.5, 0.6) is 0 Å². The first-order valence-electron chi connectivity index (χ1n) is 31.4. The summed E-state index contributed by atoms with van der Waals surface area (Å²) in [6.45, 7) is 0. The molecule has 19 rings (SSSR count). The van der Waals surface area contributed by atoms with Crippen molar-refractivity contribution in [1.29, 1.82) is 0 Å². The number of fused-ring (bicyclic) bond motifs is 14. The van der Waals surface area contributed by atoms with Gasteiger partial charge in [-0.3, -0.25) is 9.13 Å². The fourth-order valence-electron chi connectivity index (χ4n) is 13.8. The van der Waals surface area contributed by atoms with Crippen molar-refractivity contribution in [3.05, 3.63) is 303 Å². The Hall–Kier alpha value is -12.9. The number of nitrogens with zero attached hydrogens (tertiary/aromatic N) is 8. The van der Waals surface area contributed by atoms with Gasteiger partial charge in [-0.1, -0.05) is 243 Å². The van der Waals surface area contributed by atoms with Crippen LogP contribution in [0.1, 0.15) is 0 Å². The normalized spacial score (nSPS) is 11.8. The Morgan fingerprint density at radius 3 is 0.915 bits per heavy atom. The molecule has 0 saturated carbocycles. The van der Waals surface area contributed by atoms with E-state index < -0.39 is 0 Å². The van der Waals surface area contributed by atoms with Crippen molar-refractivity contribution < 1.29 is 8.83 Å². The molecule has 0 aliphatic rings. The van der Waals surface area contributed by atoms with Gasteiger partial charge in [0, 0.05) is 54.6 Å². The predicted octanol–water partition coefficient (Wildman–Crippen LogP) is 21.4. The van der Waals surface area contributed by atoms with Crippen LogP contribution in [0.3, 0.4) is 0 Å². The van der Waals surface area contributed by atoms with Crippen molar-refractivity contribution in [2.45, 2.75) is 0 Å². The molecule has 0 bridgehead atoms. The van der Waals surface area contributed by atoms with Gasteiger partial charge in [0.15, 0.2) is 23.3 Å². The van der Waals surface area contributed by atoms with E-state index >= 15 is 0 Å². The van der Waals surface area contributed by atoms with Crippen LogP contribution in [-0.4, -0.2) is 39.0 Å². The highest BCUT2D eigenvalue weighted by Crippen LogP contribution is 2.43. The zero-order chi connectivity index (χ0) is 61.8. The average Bonchev–Trinajstić information content (AvgIpc) is 1.57. The van der Waals surface area contributed by atoms with Gasteiger partial charge in [-0.2, -0.15) is 19.9 Å². The molecule has 0 aliphatic carbocycles. The summed E-state index contributed by atoms with van der Waals surface area (Å²) >= 11 is 0. The molecule has 0 unspecified atom stereocenters. The number of hydrogen-bond donors (Lipinski definition) is 0. The Labute approximate surface area is 537 Å². The topological polar surface area (TPSA) is 113 Å². The maximum atomic E-state index is 6.66. The van der Waals surface area contributed by atoms with Gasteiger partial charge in [-0.15, -0.1) is 0 Å². The molecular formula is C84H50N8O2. The second-order valence-electron chi connectivity index (χ2n) is 23.8. The lowest BCUT2D eigenvalue weighted by atomic mass is 9.95. The summed E-state index contributed by atoms with van der Waals surface area (Å²) in [5.74, 6) is 3.33. The lowest BCUT2D eigenvalue weighted by molar-refractivity contribution is 0.672. The summed E-state index contributed by atoms with van der Waals surface area (Å²) in [7, 11) is 0. The predicted molar refractivity (Wildman–Crippen MR) is 380 cm³/mol. The maximum Gasteiger partial charge on any atom is 0.238 e. The third kappa shape index (κ3) is 8.72. The van der Waals surface area contributed by atoms with E-state index in [1.807, 2.05) is 60.7 Å². The van der Waals surface area contributed by atoms with Crippen LogP contribution in [0.4, 0.5) is 0 Å². The first-order valence-corrected chi connectivity index (χ1v) is 31.4. The highest BCUT2D eigenvalue weighted by molar-refractivity contribution is 6.25. The standard InChI is InChI=1S/C84H50N8O2/c1-3-17-51(18-4-1)52-33-39-56(40-34-52)81-86-82(90-84(89-81)92-70-30-12-8-28-68(70)76-72(92)48-46-66-64-26-10-14-32-74(64)94-78(66)76)58-43-37-54(38-44-58)60-22-16-24-62(50-60)61-23-15-21-59(49-61)53-35-41-57(42-36-53)80-85-79(55-19-5-2-6-20-55)87-83(88-80)91-69-29-11-7-27-67(69)75-71(91)47-45-65-63-25-9-13-31-73(63)93-77(65)75/h1-50H. The highest BCUT2D eigenvalue weighted by atomic mass is 16.3. The van der Waals surface area contributed by atoms with Crippen molar-refractivity contribution in [3.8, 4) is 102 Å². The molecule has 10 nitrogen and oxygen atoms in total. The SMILES string of the molecule is c1ccc(-c2ccc(-c3nc(-c4ccc(-c5cccc(-c6cccc(-c7ccc(-c8nc(-c9ccccc9)nc(-n9c%10ccccc%10c%10c%11oc%12ccccc%12c%11ccc%109)n8)cc7)c6)c5)cc4)nc(-n4c5ccccc5c5c6oc7ccccc7c6ccc54)n3)cc2)cc1. The summed E-state index contributed by atoms with van der Waals surface area (Å²) in [6.07, 6.45) is 0. The Kier molecular flexibility index (Phi) is 12.0. The number of aromatic nitrogens is 8.